The SMILES string of the molecule is O=C(CCC(=O)C1CCCC2CCCCC21)C1CCCC2CCCCC2CCC1. The lowest BCUT2D eigenvalue weighted by Gasteiger charge is -2.40. The van der Waals surface area contributed by atoms with Crippen LogP contribution in [0.2, 0.25) is 0 Å². The van der Waals surface area contributed by atoms with Crippen molar-refractivity contribution in [3.8, 4) is 0 Å². The Morgan fingerprint density at radius 1 is 0.483 bits per heavy atom. The molecule has 0 spiro atoms. The monoisotopic (exact) mass is 400 g/mol. The molecule has 0 aromatic carbocycles. The zero-order valence-electron chi connectivity index (χ0n) is 18.7. The number of fused-ring (bicyclic) bond motifs is 2. The fraction of sp³-hybridized carbons (Fsp3) is 0.926. The molecule has 0 heterocycles. The van der Waals surface area contributed by atoms with Crippen molar-refractivity contribution in [2.24, 2.45) is 35.5 Å². The molecule has 2 nitrogen and oxygen atoms in total. The van der Waals surface area contributed by atoms with Crippen molar-refractivity contribution in [2.75, 3.05) is 0 Å². The van der Waals surface area contributed by atoms with Crippen molar-refractivity contribution < 1.29 is 9.59 Å². The fourth-order valence-corrected chi connectivity index (χ4v) is 7.74. The van der Waals surface area contributed by atoms with Gasteiger partial charge in [0.2, 0.25) is 0 Å². The van der Waals surface area contributed by atoms with E-state index in [0.29, 0.717) is 30.3 Å². The van der Waals surface area contributed by atoms with Gasteiger partial charge in [-0.05, 0) is 49.4 Å². The average Bonchev–Trinajstić information content (AvgIpc) is 2.87. The van der Waals surface area contributed by atoms with Crippen LogP contribution in [0.3, 0.4) is 0 Å². The molecule has 29 heavy (non-hydrogen) atoms. The second-order valence-corrected chi connectivity index (χ2v) is 11.0. The second-order valence-electron chi connectivity index (χ2n) is 11.0. The van der Waals surface area contributed by atoms with E-state index < -0.39 is 0 Å². The van der Waals surface area contributed by atoms with E-state index in [9.17, 15) is 9.59 Å². The number of carbonyl (C=O) groups is 2. The minimum Gasteiger partial charge on any atom is -0.299 e. The van der Waals surface area contributed by atoms with Gasteiger partial charge in [-0.1, -0.05) is 83.5 Å². The molecule has 0 amide bonds. The summed E-state index contributed by atoms with van der Waals surface area (Å²) >= 11 is 0. The van der Waals surface area contributed by atoms with Gasteiger partial charge in [0.15, 0.2) is 0 Å². The predicted octanol–water partition coefficient (Wildman–Crippen LogP) is 7.29. The summed E-state index contributed by atoms with van der Waals surface area (Å²) in [6.45, 7) is 0. The van der Waals surface area contributed by atoms with Crippen LogP contribution in [0.5, 0.6) is 0 Å². The average molecular weight is 401 g/mol. The molecule has 5 unspecified atom stereocenters. The summed E-state index contributed by atoms with van der Waals surface area (Å²) in [7, 11) is 0. The van der Waals surface area contributed by atoms with E-state index in [1.54, 1.807) is 0 Å². The lowest BCUT2D eigenvalue weighted by Crippen LogP contribution is -2.35. The Labute approximate surface area is 179 Å². The standard InChI is InChI=1S/C27H44O2/c28-26(23-14-5-11-20-8-1-2-9-21(20)12-6-15-23)18-19-27(29)25-17-7-13-22-10-3-4-16-24(22)25/h20-25H,1-19H2. The normalized spacial score (nSPS) is 38.6. The van der Waals surface area contributed by atoms with E-state index >= 15 is 0 Å². The molecule has 164 valence electrons. The summed E-state index contributed by atoms with van der Waals surface area (Å²) in [5.41, 5.74) is 0. The summed E-state index contributed by atoms with van der Waals surface area (Å²) in [5.74, 6) is 4.71. The first kappa shape index (κ1) is 21.6. The van der Waals surface area contributed by atoms with Crippen molar-refractivity contribution in [3.63, 3.8) is 0 Å². The van der Waals surface area contributed by atoms with Crippen LogP contribution in [0.25, 0.3) is 0 Å². The highest BCUT2D eigenvalue weighted by Gasteiger charge is 2.38. The Morgan fingerprint density at radius 3 is 1.66 bits per heavy atom. The van der Waals surface area contributed by atoms with E-state index in [0.717, 1.165) is 37.0 Å². The fourth-order valence-electron chi connectivity index (χ4n) is 7.74. The number of rotatable bonds is 5. The van der Waals surface area contributed by atoms with Crippen LogP contribution in [0, 0.1) is 35.5 Å². The van der Waals surface area contributed by atoms with E-state index in [2.05, 4.69) is 0 Å². The maximum absolute atomic E-state index is 13.0. The van der Waals surface area contributed by atoms with E-state index in [-0.39, 0.29) is 11.8 Å². The molecule has 0 saturated heterocycles. The largest absolute Gasteiger partial charge is 0.299 e. The van der Waals surface area contributed by atoms with Gasteiger partial charge in [0.1, 0.15) is 11.6 Å². The van der Waals surface area contributed by atoms with Crippen LogP contribution in [-0.4, -0.2) is 11.6 Å². The smallest absolute Gasteiger partial charge is 0.136 e. The third-order valence-corrected chi connectivity index (χ3v) is 9.38. The first-order valence-corrected chi connectivity index (χ1v) is 13.3. The van der Waals surface area contributed by atoms with Gasteiger partial charge >= 0.3 is 0 Å². The Kier molecular flexibility index (Phi) is 7.87. The maximum atomic E-state index is 13.0. The summed E-state index contributed by atoms with van der Waals surface area (Å²) in [6, 6.07) is 0. The van der Waals surface area contributed by atoms with Gasteiger partial charge in [0.25, 0.3) is 0 Å². The van der Waals surface area contributed by atoms with Crippen LogP contribution in [-0.2, 0) is 9.59 Å². The highest BCUT2D eigenvalue weighted by atomic mass is 16.1. The van der Waals surface area contributed by atoms with E-state index in [4.69, 9.17) is 0 Å². The molecule has 0 aliphatic heterocycles. The summed E-state index contributed by atoms with van der Waals surface area (Å²) in [6.07, 6.45) is 23.1. The van der Waals surface area contributed by atoms with Gasteiger partial charge in [0.05, 0.1) is 0 Å². The Hall–Kier alpha value is -0.660. The molecule has 4 saturated carbocycles. The quantitative estimate of drug-likeness (QED) is 0.485. The van der Waals surface area contributed by atoms with Gasteiger partial charge in [0, 0.05) is 24.7 Å². The minimum absolute atomic E-state index is 0.247. The number of carbonyl (C=O) groups excluding carboxylic acids is 2. The molecular formula is C27H44O2. The van der Waals surface area contributed by atoms with Crippen molar-refractivity contribution >= 4 is 11.6 Å². The number of Topliss-reactive ketones (excluding diaryl/α,β-unsaturated/α-hetero) is 2. The number of ketones is 2. The second kappa shape index (κ2) is 10.6. The summed E-state index contributed by atoms with van der Waals surface area (Å²) in [4.78, 5) is 26.0. The molecule has 0 radical (unpaired) electrons. The van der Waals surface area contributed by atoms with Gasteiger partial charge in [-0.2, -0.15) is 0 Å². The van der Waals surface area contributed by atoms with Crippen molar-refractivity contribution in [2.45, 2.75) is 122 Å². The van der Waals surface area contributed by atoms with Crippen LogP contribution in [0.4, 0.5) is 0 Å². The molecule has 0 aromatic rings. The highest BCUT2D eigenvalue weighted by molar-refractivity contribution is 5.88. The van der Waals surface area contributed by atoms with Crippen LogP contribution in [0.15, 0.2) is 0 Å². The topological polar surface area (TPSA) is 34.1 Å². The van der Waals surface area contributed by atoms with Crippen LogP contribution < -0.4 is 0 Å². The van der Waals surface area contributed by atoms with Crippen LogP contribution in [0.1, 0.15) is 122 Å². The lowest BCUT2D eigenvalue weighted by atomic mass is 9.64. The molecule has 0 N–H and O–H groups in total. The maximum Gasteiger partial charge on any atom is 0.136 e. The number of hydrogen-bond acceptors (Lipinski definition) is 2. The van der Waals surface area contributed by atoms with Gasteiger partial charge in [-0.3, -0.25) is 9.59 Å². The molecule has 0 aromatic heterocycles. The third-order valence-electron chi connectivity index (χ3n) is 9.38. The van der Waals surface area contributed by atoms with Crippen LogP contribution >= 0.6 is 0 Å². The third kappa shape index (κ3) is 5.53. The lowest BCUT2D eigenvalue weighted by molar-refractivity contribution is -0.131. The molecule has 4 rings (SSSR count). The molecule has 4 aliphatic rings. The molecular weight excluding hydrogens is 356 g/mol. The molecule has 0 bridgehead atoms. The van der Waals surface area contributed by atoms with E-state index in [1.807, 2.05) is 0 Å². The highest BCUT2D eigenvalue weighted by Crippen LogP contribution is 2.44. The molecule has 5 atom stereocenters. The van der Waals surface area contributed by atoms with Crippen molar-refractivity contribution in [1.29, 1.82) is 0 Å². The summed E-state index contributed by atoms with van der Waals surface area (Å²) in [5, 5.41) is 0. The first-order valence-electron chi connectivity index (χ1n) is 13.3. The Balaban J connectivity index is 1.25. The Bertz CT molecular complexity index is 533. The first-order chi connectivity index (χ1) is 14.2. The van der Waals surface area contributed by atoms with Gasteiger partial charge in [-0.25, -0.2) is 0 Å². The minimum atomic E-state index is 0.247. The zero-order chi connectivity index (χ0) is 20.1. The van der Waals surface area contributed by atoms with Crippen molar-refractivity contribution in [3.05, 3.63) is 0 Å². The number of hydrogen-bond donors (Lipinski definition) is 0. The van der Waals surface area contributed by atoms with Gasteiger partial charge in [-0.15, -0.1) is 0 Å². The predicted molar refractivity (Wildman–Crippen MR) is 119 cm³/mol. The van der Waals surface area contributed by atoms with Crippen molar-refractivity contribution in [1.82, 2.24) is 0 Å². The molecule has 2 heteroatoms. The Morgan fingerprint density at radius 2 is 0.966 bits per heavy atom. The molecule has 4 fully saturated rings. The summed E-state index contributed by atoms with van der Waals surface area (Å²) < 4.78 is 0. The zero-order valence-corrected chi connectivity index (χ0v) is 18.7. The van der Waals surface area contributed by atoms with E-state index in [1.165, 1.54) is 89.9 Å². The van der Waals surface area contributed by atoms with Gasteiger partial charge < -0.3 is 0 Å². The molecule has 4 aliphatic carbocycles.